The van der Waals surface area contributed by atoms with E-state index in [1.54, 1.807) is 0 Å². The van der Waals surface area contributed by atoms with Crippen molar-refractivity contribution >= 4 is 5.91 Å². The minimum atomic E-state index is -2.86. The smallest absolute Gasteiger partial charge is 0.387 e. The summed E-state index contributed by atoms with van der Waals surface area (Å²) in [6, 6.07) is 6.10. The third-order valence-electron chi connectivity index (χ3n) is 3.71. The monoisotopic (exact) mass is 298 g/mol. The highest BCUT2D eigenvalue weighted by Gasteiger charge is 2.28. The van der Waals surface area contributed by atoms with Gasteiger partial charge < -0.3 is 15.4 Å². The van der Waals surface area contributed by atoms with Gasteiger partial charge in [0, 0.05) is 18.2 Å². The van der Waals surface area contributed by atoms with E-state index in [9.17, 15) is 13.6 Å². The highest BCUT2D eigenvalue weighted by atomic mass is 19.3. The Balaban J connectivity index is 2.04. The predicted molar refractivity (Wildman–Crippen MR) is 75.4 cm³/mol. The van der Waals surface area contributed by atoms with Crippen LogP contribution in [0.3, 0.4) is 0 Å². The van der Waals surface area contributed by atoms with Gasteiger partial charge in [0.1, 0.15) is 5.75 Å². The molecule has 0 unspecified atom stereocenters. The third kappa shape index (κ3) is 4.14. The molecule has 0 heterocycles. The van der Waals surface area contributed by atoms with Crippen LogP contribution in [-0.2, 0) is 0 Å². The van der Waals surface area contributed by atoms with Crippen LogP contribution in [0.2, 0.25) is 0 Å². The fourth-order valence-electron chi connectivity index (χ4n) is 2.35. The SMILES string of the molecule is NCCCN(C(=O)c1ccc(OC(F)F)cc1)C1CCC1. The van der Waals surface area contributed by atoms with Gasteiger partial charge in [0.05, 0.1) is 0 Å². The zero-order valence-corrected chi connectivity index (χ0v) is 11.8. The Bertz CT molecular complexity index is 461. The summed E-state index contributed by atoms with van der Waals surface area (Å²) in [4.78, 5) is 14.4. The number of carbonyl (C=O) groups is 1. The van der Waals surface area contributed by atoms with Crippen LogP contribution in [0.5, 0.6) is 5.75 Å². The van der Waals surface area contributed by atoms with Gasteiger partial charge in [0.25, 0.3) is 5.91 Å². The van der Waals surface area contributed by atoms with Gasteiger partial charge in [0.15, 0.2) is 0 Å². The van der Waals surface area contributed by atoms with Gasteiger partial charge in [-0.15, -0.1) is 0 Å². The molecular formula is C15H20F2N2O2. The van der Waals surface area contributed by atoms with Crippen molar-refractivity contribution in [1.29, 1.82) is 0 Å². The molecule has 2 rings (SSSR count). The predicted octanol–water partition coefficient (Wildman–Crippen LogP) is 2.63. The van der Waals surface area contributed by atoms with E-state index in [2.05, 4.69) is 4.74 Å². The maximum Gasteiger partial charge on any atom is 0.387 e. The molecule has 21 heavy (non-hydrogen) atoms. The quantitative estimate of drug-likeness (QED) is 0.842. The molecule has 1 amide bonds. The minimum absolute atomic E-state index is 0.0544. The van der Waals surface area contributed by atoms with Crippen molar-refractivity contribution in [2.24, 2.45) is 5.73 Å². The lowest BCUT2D eigenvalue weighted by Crippen LogP contribution is -2.45. The molecule has 0 aliphatic heterocycles. The summed E-state index contributed by atoms with van der Waals surface area (Å²) in [5.74, 6) is -0.0181. The lowest BCUT2D eigenvalue weighted by atomic mass is 9.90. The zero-order chi connectivity index (χ0) is 15.2. The van der Waals surface area contributed by atoms with Crippen LogP contribution in [-0.4, -0.2) is 36.5 Å². The van der Waals surface area contributed by atoms with Crippen LogP contribution < -0.4 is 10.5 Å². The molecule has 1 aliphatic carbocycles. The first-order chi connectivity index (χ1) is 10.1. The van der Waals surface area contributed by atoms with Gasteiger partial charge in [0.2, 0.25) is 0 Å². The average Bonchev–Trinajstić information content (AvgIpc) is 2.40. The Morgan fingerprint density at radius 2 is 2.00 bits per heavy atom. The molecule has 0 bridgehead atoms. The second-order valence-electron chi connectivity index (χ2n) is 5.13. The lowest BCUT2D eigenvalue weighted by Gasteiger charge is -2.37. The maximum absolute atomic E-state index is 12.5. The topological polar surface area (TPSA) is 55.6 Å². The summed E-state index contributed by atoms with van der Waals surface area (Å²) >= 11 is 0. The van der Waals surface area contributed by atoms with E-state index in [0.717, 1.165) is 25.7 Å². The minimum Gasteiger partial charge on any atom is -0.435 e. The fraction of sp³-hybridized carbons (Fsp3) is 0.533. The third-order valence-corrected chi connectivity index (χ3v) is 3.71. The number of alkyl halides is 2. The summed E-state index contributed by atoms with van der Waals surface area (Å²) in [5, 5.41) is 0. The first-order valence-corrected chi connectivity index (χ1v) is 7.17. The largest absolute Gasteiger partial charge is 0.435 e. The van der Waals surface area contributed by atoms with Crippen molar-refractivity contribution < 1.29 is 18.3 Å². The van der Waals surface area contributed by atoms with Gasteiger partial charge in [-0.2, -0.15) is 8.78 Å². The Morgan fingerprint density at radius 3 is 2.48 bits per heavy atom. The molecule has 1 aromatic carbocycles. The standard InChI is InChI=1S/C15H20F2N2O2/c16-15(17)21-13-7-5-11(6-8-13)14(20)19(10-2-9-18)12-3-1-4-12/h5-8,12,15H,1-4,9-10,18H2. The molecular weight excluding hydrogens is 278 g/mol. The summed E-state index contributed by atoms with van der Waals surface area (Å²) < 4.78 is 28.5. The molecule has 2 N–H and O–H groups in total. The first-order valence-electron chi connectivity index (χ1n) is 7.17. The molecule has 0 radical (unpaired) electrons. The fourth-order valence-corrected chi connectivity index (χ4v) is 2.35. The van der Waals surface area contributed by atoms with Crippen LogP contribution in [0.1, 0.15) is 36.0 Å². The van der Waals surface area contributed by atoms with Crippen LogP contribution >= 0.6 is 0 Å². The second-order valence-corrected chi connectivity index (χ2v) is 5.13. The Morgan fingerprint density at radius 1 is 1.33 bits per heavy atom. The molecule has 1 saturated carbocycles. The van der Waals surface area contributed by atoms with E-state index in [1.807, 2.05) is 4.90 Å². The number of nitrogens with zero attached hydrogens (tertiary/aromatic N) is 1. The van der Waals surface area contributed by atoms with Crippen LogP contribution in [0.25, 0.3) is 0 Å². The molecule has 6 heteroatoms. The van der Waals surface area contributed by atoms with Gasteiger partial charge in [-0.3, -0.25) is 4.79 Å². The average molecular weight is 298 g/mol. The number of carbonyl (C=O) groups excluding carboxylic acids is 1. The number of benzene rings is 1. The molecule has 0 saturated heterocycles. The van der Waals surface area contributed by atoms with Gasteiger partial charge >= 0.3 is 6.61 Å². The summed E-state index contributed by atoms with van der Waals surface area (Å²) in [6.07, 6.45) is 3.93. The normalized spacial score (nSPS) is 14.9. The summed E-state index contributed by atoms with van der Waals surface area (Å²) in [6.45, 7) is -1.69. The Labute approximate surface area is 122 Å². The summed E-state index contributed by atoms with van der Waals surface area (Å²) in [5.41, 5.74) is 6.00. The Kier molecular flexibility index (Phi) is 5.50. The molecule has 0 atom stereocenters. The van der Waals surface area contributed by atoms with E-state index in [0.29, 0.717) is 18.7 Å². The zero-order valence-electron chi connectivity index (χ0n) is 11.8. The van der Waals surface area contributed by atoms with Crippen molar-refractivity contribution in [3.8, 4) is 5.75 Å². The maximum atomic E-state index is 12.5. The van der Waals surface area contributed by atoms with Gasteiger partial charge in [-0.25, -0.2) is 0 Å². The van der Waals surface area contributed by atoms with E-state index in [1.165, 1.54) is 24.3 Å². The van der Waals surface area contributed by atoms with E-state index < -0.39 is 6.61 Å². The second kappa shape index (κ2) is 7.36. The van der Waals surface area contributed by atoms with Crippen molar-refractivity contribution in [2.75, 3.05) is 13.1 Å². The number of halogens is 2. The van der Waals surface area contributed by atoms with E-state index in [4.69, 9.17) is 5.73 Å². The Hall–Kier alpha value is -1.69. The van der Waals surface area contributed by atoms with Crippen LogP contribution in [0.15, 0.2) is 24.3 Å². The molecule has 116 valence electrons. The number of amides is 1. The van der Waals surface area contributed by atoms with Crippen molar-refractivity contribution in [1.82, 2.24) is 4.90 Å². The molecule has 1 aromatic rings. The molecule has 0 aromatic heterocycles. The van der Waals surface area contributed by atoms with Gasteiger partial charge in [-0.1, -0.05) is 0 Å². The highest BCUT2D eigenvalue weighted by Crippen LogP contribution is 2.27. The summed E-state index contributed by atoms with van der Waals surface area (Å²) in [7, 11) is 0. The molecule has 1 aliphatic rings. The number of hydrogen-bond donors (Lipinski definition) is 1. The number of rotatable bonds is 7. The van der Waals surface area contributed by atoms with E-state index >= 15 is 0 Å². The van der Waals surface area contributed by atoms with Crippen LogP contribution in [0.4, 0.5) is 8.78 Å². The van der Waals surface area contributed by atoms with E-state index in [-0.39, 0.29) is 17.7 Å². The molecule has 0 spiro atoms. The highest BCUT2D eigenvalue weighted by molar-refractivity contribution is 5.94. The van der Waals surface area contributed by atoms with Gasteiger partial charge in [-0.05, 0) is 56.5 Å². The number of nitrogens with two attached hydrogens (primary N) is 1. The lowest BCUT2D eigenvalue weighted by molar-refractivity contribution is -0.0498. The molecule has 1 fully saturated rings. The number of hydrogen-bond acceptors (Lipinski definition) is 3. The number of ether oxygens (including phenoxy) is 1. The van der Waals surface area contributed by atoms with Crippen LogP contribution in [0, 0.1) is 0 Å². The first kappa shape index (κ1) is 15.7. The van der Waals surface area contributed by atoms with Crippen molar-refractivity contribution in [3.63, 3.8) is 0 Å². The molecule has 4 nitrogen and oxygen atoms in total. The van der Waals surface area contributed by atoms with Crippen molar-refractivity contribution in [2.45, 2.75) is 38.3 Å². The van der Waals surface area contributed by atoms with Crippen molar-refractivity contribution in [3.05, 3.63) is 29.8 Å².